The molecule has 0 unspecified atom stereocenters. The minimum atomic E-state index is -0.127. The SMILES string of the molecule is CNC(=O)c1ccc(CNC(=O)c2cc(-c3ccccc3)c(N3CCOCC3)s2)cc1. The molecular weight excluding hydrogens is 410 g/mol. The second kappa shape index (κ2) is 9.76. The van der Waals surface area contributed by atoms with Crippen LogP contribution in [0.15, 0.2) is 60.7 Å². The van der Waals surface area contributed by atoms with E-state index in [9.17, 15) is 9.59 Å². The van der Waals surface area contributed by atoms with Gasteiger partial charge in [-0.05, 0) is 29.3 Å². The summed E-state index contributed by atoms with van der Waals surface area (Å²) >= 11 is 1.52. The summed E-state index contributed by atoms with van der Waals surface area (Å²) in [5.74, 6) is -0.227. The molecule has 1 aliphatic heterocycles. The number of benzene rings is 2. The number of carbonyl (C=O) groups excluding carboxylic acids is 2. The van der Waals surface area contributed by atoms with Crippen LogP contribution in [-0.2, 0) is 11.3 Å². The predicted molar refractivity (Wildman–Crippen MR) is 124 cm³/mol. The summed E-state index contributed by atoms with van der Waals surface area (Å²) in [5.41, 5.74) is 3.71. The van der Waals surface area contributed by atoms with Gasteiger partial charge in [0.1, 0.15) is 0 Å². The molecule has 2 N–H and O–H groups in total. The molecule has 6 nitrogen and oxygen atoms in total. The number of nitrogens with zero attached hydrogens (tertiary/aromatic N) is 1. The van der Waals surface area contributed by atoms with Gasteiger partial charge in [0.2, 0.25) is 0 Å². The molecule has 0 saturated carbocycles. The van der Waals surface area contributed by atoms with Crippen molar-refractivity contribution >= 4 is 28.2 Å². The molecule has 1 fully saturated rings. The highest BCUT2D eigenvalue weighted by molar-refractivity contribution is 7.18. The number of amides is 2. The van der Waals surface area contributed by atoms with Crippen LogP contribution in [0.3, 0.4) is 0 Å². The van der Waals surface area contributed by atoms with E-state index in [0.29, 0.717) is 30.2 Å². The predicted octanol–water partition coefficient (Wildman–Crippen LogP) is 3.54. The molecule has 1 saturated heterocycles. The van der Waals surface area contributed by atoms with Crippen molar-refractivity contribution in [2.24, 2.45) is 0 Å². The number of ether oxygens (including phenoxy) is 1. The number of rotatable bonds is 6. The monoisotopic (exact) mass is 435 g/mol. The lowest BCUT2D eigenvalue weighted by atomic mass is 10.1. The summed E-state index contributed by atoms with van der Waals surface area (Å²) < 4.78 is 5.50. The Bertz CT molecular complexity index is 1040. The summed E-state index contributed by atoms with van der Waals surface area (Å²) in [6, 6.07) is 19.4. The number of hydrogen-bond acceptors (Lipinski definition) is 5. The highest BCUT2D eigenvalue weighted by Crippen LogP contribution is 2.39. The summed E-state index contributed by atoms with van der Waals surface area (Å²) in [7, 11) is 1.60. The molecule has 1 aliphatic rings. The normalized spacial score (nSPS) is 13.6. The minimum Gasteiger partial charge on any atom is -0.378 e. The second-order valence-electron chi connectivity index (χ2n) is 7.25. The lowest BCUT2D eigenvalue weighted by molar-refractivity contribution is 0.0949. The van der Waals surface area contributed by atoms with E-state index >= 15 is 0 Å². The van der Waals surface area contributed by atoms with Gasteiger partial charge in [0, 0.05) is 37.8 Å². The smallest absolute Gasteiger partial charge is 0.261 e. The zero-order chi connectivity index (χ0) is 21.6. The van der Waals surface area contributed by atoms with Crippen molar-refractivity contribution in [3.63, 3.8) is 0 Å². The first-order valence-corrected chi connectivity index (χ1v) is 11.1. The summed E-state index contributed by atoms with van der Waals surface area (Å²) in [4.78, 5) is 27.6. The highest BCUT2D eigenvalue weighted by Gasteiger charge is 2.21. The number of nitrogens with one attached hydrogen (secondary N) is 2. The maximum atomic E-state index is 12.9. The molecule has 4 rings (SSSR count). The molecule has 0 aliphatic carbocycles. The number of hydrogen-bond donors (Lipinski definition) is 2. The topological polar surface area (TPSA) is 70.7 Å². The molecule has 0 atom stereocenters. The molecule has 0 bridgehead atoms. The van der Waals surface area contributed by atoms with Crippen molar-refractivity contribution in [1.29, 1.82) is 0 Å². The fourth-order valence-electron chi connectivity index (χ4n) is 3.51. The Morgan fingerprint density at radius 2 is 1.71 bits per heavy atom. The van der Waals surface area contributed by atoms with Crippen LogP contribution in [0.1, 0.15) is 25.6 Å². The quantitative estimate of drug-likeness (QED) is 0.621. The first-order chi connectivity index (χ1) is 15.2. The average molecular weight is 436 g/mol. The van der Waals surface area contributed by atoms with Crippen LogP contribution in [0.2, 0.25) is 0 Å². The first-order valence-electron chi connectivity index (χ1n) is 10.3. The van der Waals surface area contributed by atoms with Crippen LogP contribution < -0.4 is 15.5 Å². The standard InChI is InChI=1S/C24H25N3O3S/c1-25-22(28)19-9-7-17(8-10-19)16-26-23(29)21-15-20(18-5-3-2-4-6-18)24(31-21)27-11-13-30-14-12-27/h2-10,15H,11-14,16H2,1H3,(H,25,28)(H,26,29). The maximum absolute atomic E-state index is 12.9. The van der Waals surface area contributed by atoms with Crippen LogP contribution in [0.4, 0.5) is 5.00 Å². The van der Waals surface area contributed by atoms with Crippen LogP contribution in [-0.4, -0.2) is 45.2 Å². The number of carbonyl (C=O) groups is 2. The fourth-order valence-corrected chi connectivity index (χ4v) is 4.66. The van der Waals surface area contributed by atoms with E-state index in [1.807, 2.05) is 36.4 Å². The number of anilines is 1. The van der Waals surface area contributed by atoms with E-state index in [1.165, 1.54) is 11.3 Å². The van der Waals surface area contributed by atoms with Gasteiger partial charge >= 0.3 is 0 Å². The third kappa shape index (κ3) is 4.95. The van der Waals surface area contributed by atoms with Crippen molar-refractivity contribution in [3.05, 3.63) is 76.7 Å². The van der Waals surface area contributed by atoms with E-state index < -0.39 is 0 Å². The molecule has 3 aromatic rings. The molecule has 0 spiro atoms. The Kier molecular flexibility index (Phi) is 6.64. The molecule has 2 amide bonds. The second-order valence-corrected chi connectivity index (χ2v) is 8.28. The molecule has 31 heavy (non-hydrogen) atoms. The van der Waals surface area contributed by atoms with Crippen molar-refractivity contribution in [3.8, 4) is 11.1 Å². The molecule has 2 aromatic carbocycles. The molecular formula is C24H25N3O3S. The average Bonchev–Trinajstić information content (AvgIpc) is 3.29. The number of thiophene rings is 1. The molecule has 7 heteroatoms. The lowest BCUT2D eigenvalue weighted by Gasteiger charge is -2.28. The van der Waals surface area contributed by atoms with Gasteiger partial charge in [-0.3, -0.25) is 9.59 Å². The summed E-state index contributed by atoms with van der Waals surface area (Å²) in [5, 5.41) is 6.71. The van der Waals surface area contributed by atoms with Crippen molar-refractivity contribution in [1.82, 2.24) is 10.6 Å². The zero-order valence-corrected chi connectivity index (χ0v) is 18.2. The first kappa shape index (κ1) is 21.1. The van der Waals surface area contributed by atoms with Crippen LogP contribution in [0.5, 0.6) is 0 Å². The molecule has 0 radical (unpaired) electrons. The van der Waals surface area contributed by atoms with E-state index in [2.05, 4.69) is 27.7 Å². The van der Waals surface area contributed by atoms with Gasteiger partial charge in [-0.15, -0.1) is 11.3 Å². The van der Waals surface area contributed by atoms with Gasteiger partial charge in [0.05, 0.1) is 23.1 Å². The van der Waals surface area contributed by atoms with E-state index in [-0.39, 0.29) is 11.8 Å². The lowest BCUT2D eigenvalue weighted by Crippen LogP contribution is -2.35. The highest BCUT2D eigenvalue weighted by atomic mass is 32.1. The third-order valence-corrected chi connectivity index (χ3v) is 6.41. The Morgan fingerprint density at radius 1 is 1.00 bits per heavy atom. The van der Waals surface area contributed by atoms with Crippen LogP contribution in [0.25, 0.3) is 11.1 Å². The van der Waals surface area contributed by atoms with E-state index in [0.717, 1.165) is 34.8 Å². The van der Waals surface area contributed by atoms with Gasteiger partial charge in [-0.1, -0.05) is 42.5 Å². The Balaban J connectivity index is 1.51. The van der Waals surface area contributed by atoms with E-state index in [1.54, 1.807) is 19.2 Å². The van der Waals surface area contributed by atoms with Gasteiger partial charge in [0.15, 0.2) is 0 Å². The molecule has 2 heterocycles. The minimum absolute atomic E-state index is 0.0999. The maximum Gasteiger partial charge on any atom is 0.261 e. The third-order valence-electron chi connectivity index (χ3n) is 5.22. The number of morpholine rings is 1. The Labute approximate surface area is 185 Å². The van der Waals surface area contributed by atoms with Crippen LogP contribution in [0, 0.1) is 0 Å². The Morgan fingerprint density at radius 3 is 2.39 bits per heavy atom. The fraction of sp³-hybridized carbons (Fsp3) is 0.250. The zero-order valence-electron chi connectivity index (χ0n) is 17.4. The Hall–Kier alpha value is -3.16. The summed E-state index contributed by atoms with van der Waals surface area (Å²) in [6.45, 7) is 3.43. The van der Waals surface area contributed by atoms with Crippen molar-refractivity contribution < 1.29 is 14.3 Å². The summed E-state index contributed by atoms with van der Waals surface area (Å²) in [6.07, 6.45) is 0. The van der Waals surface area contributed by atoms with Gasteiger partial charge in [-0.2, -0.15) is 0 Å². The van der Waals surface area contributed by atoms with E-state index in [4.69, 9.17) is 4.74 Å². The van der Waals surface area contributed by atoms with Gasteiger partial charge in [-0.25, -0.2) is 0 Å². The van der Waals surface area contributed by atoms with Gasteiger partial charge < -0.3 is 20.3 Å². The van der Waals surface area contributed by atoms with Crippen LogP contribution >= 0.6 is 11.3 Å². The largest absolute Gasteiger partial charge is 0.378 e. The van der Waals surface area contributed by atoms with Crippen molar-refractivity contribution in [2.75, 3.05) is 38.3 Å². The molecule has 160 valence electrons. The molecule has 1 aromatic heterocycles. The van der Waals surface area contributed by atoms with Crippen molar-refractivity contribution in [2.45, 2.75) is 6.54 Å². The van der Waals surface area contributed by atoms with Gasteiger partial charge in [0.25, 0.3) is 11.8 Å².